The van der Waals surface area contributed by atoms with Crippen LogP contribution in [-0.4, -0.2) is 4.32 Å². The number of hydrogen-bond donors (Lipinski definition) is 1. The van der Waals surface area contributed by atoms with Crippen LogP contribution in [-0.2, 0) is 12.3 Å². The van der Waals surface area contributed by atoms with Gasteiger partial charge in [0.2, 0.25) is 0 Å². The first-order chi connectivity index (χ1) is 11.7. The average Bonchev–Trinajstić information content (AvgIpc) is 3.13. The SMILES string of the molecule is Cc1ccc(CSC(=S)NCc2cccs2)cc1-c1ccccc1. The Labute approximate surface area is 157 Å². The molecule has 0 aliphatic heterocycles. The number of benzene rings is 2. The lowest BCUT2D eigenvalue weighted by Gasteiger charge is -2.10. The van der Waals surface area contributed by atoms with E-state index in [1.54, 1.807) is 23.1 Å². The van der Waals surface area contributed by atoms with Crippen molar-refractivity contribution in [1.29, 1.82) is 0 Å². The molecule has 3 rings (SSSR count). The van der Waals surface area contributed by atoms with E-state index in [9.17, 15) is 0 Å². The molecule has 1 nitrogen and oxygen atoms in total. The monoisotopic (exact) mass is 369 g/mol. The fourth-order valence-corrected chi connectivity index (χ4v) is 4.01. The highest BCUT2D eigenvalue weighted by Crippen LogP contribution is 2.26. The van der Waals surface area contributed by atoms with Crippen LogP contribution in [0.3, 0.4) is 0 Å². The summed E-state index contributed by atoms with van der Waals surface area (Å²) in [5.41, 5.74) is 5.16. The molecule has 2 aromatic carbocycles. The maximum absolute atomic E-state index is 5.43. The number of thiophene rings is 1. The molecular formula is C20H19NS3. The summed E-state index contributed by atoms with van der Waals surface area (Å²) >= 11 is 8.87. The lowest BCUT2D eigenvalue weighted by atomic mass is 9.99. The van der Waals surface area contributed by atoms with Gasteiger partial charge in [-0.3, -0.25) is 0 Å². The standard InChI is InChI=1S/C20H19NS3/c1-15-9-10-16(12-19(15)17-6-3-2-4-7-17)14-24-20(22)21-13-18-8-5-11-23-18/h2-12H,13-14H2,1H3,(H,21,22). The number of thioether (sulfide) groups is 1. The first-order valence-corrected chi connectivity index (χ1v) is 10.1. The van der Waals surface area contributed by atoms with Crippen LogP contribution in [0.15, 0.2) is 66.0 Å². The van der Waals surface area contributed by atoms with Gasteiger partial charge in [-0.1, -0.05) is 78.6 Å². The first-order valence-electron chi connectivity index (χ1n) is 7.80. The van der Waals surface area contributed by atoms with Crippen molar-refractivity contribution in [3.63, 3.8) is 0 Å². The van der Waals surface area contributed by atoms with Gasteiger partial charge in [0.05, 0.1) is 6.54 Å². The van der Waals surface area contributed by atoms with E-state index >= 15 is 0 Å². The Morgan fingerprint density at radius 3 is 2.67 bits per heavy atom. The smallest absolute Gasteiger partial charge is 0.134 e. The van der Waals surface area contributed by atoms with Crippen molar-refractivity contribution in [2.75, 3.05) is 0 Å². The Kier molecular flexibility index (Phi) is 6.07. The van der Waals surface area contributed by atoms with Crippen LogP contribution in [0, 0.1) is 6.92 Å². The number of nitrogens with one attached hydrogen (secondary N) is 1. The van der Waals surface area contributed by atoms with Crippen LogP contribution in [0.4, 0.5) is 0 Å². The Bertz CT molecular complexity index is 795. The highest BCUT2D eigenvalue weighted by atomic mass is 32.2. The maximum atomic E-state index is 5.43. The van der Waals surface area contributed by atoms with Crippen molar-refractivity contribution >= 4 is 39.6 Å². The van der Waals surface area contributed by atoms with E-state index < -0.39 is 0 Å². The molecule has 0 amide bonds. The predicted octanol–water partition coefficient (Wildman–Crippen LogP) is 6.03. The fraction of sp³-hybridized carbons (Fsp3) is 0.150. The summed E-state index contributed by atoms with van der Waals surface area (Å²) in [6, 6.07) is 21.4. The highest BCUT2D eigenvalue weighted by Gasteiger charge is 2.05. The minimum atomic E-state index is 0.812. The van der Waals surface area contributed by atoms with Crippen LogP contribution in [0.2, 0.25) is 0 Å². The molecule has 0 atom stereocenters. The Balaban J connectivity index is 1.60. The molecule has 0 aliphatic carbocycles. The summed E-state index contributed by atoms with van der Waals surface area (Å²) in [6.45, 7) is 2.97. The van der Waals surface area contributed by atoms with Crippen LogP contribution in [0.1, 0.15) is 16.0 Å². The number of aryl methyl sites for hydroxylation is 1. The molecule has 0 unspecified atom stereocenters. The van der Waals surface area contributed by atoms with Crippen LogP contribution in [0.5, 0.6) is 0 Å². The number of thiocarbonyl (C=S) groups is 1. The van der Waals surface area contributed by atoms with Gasteiger partial charge in [-0.15, -0.1) is 11.3 Å². The summed E-state index contributed by atoms with van der Waals surface area (Å²) in [7, 11) is 0. The van der Waals surface area contributed by atoms with Gasteiger partial charge in [0.1, 0.15) is 4.32 Å². The van der Waals surface area contributed by atoms with E-state index in [1.807, 2.05) is 0 Å². The molecular weight excluding hydrogens is 350 g/mol. The summed E-state index contributed by atoms with van der Waals surface area (Å²) in [5.74, 6) is 0.885. The molecule has 0 spiro atoms. The summed E-state index contributed by atoms with van der Waals surface area (Å²) in [5, 5.41) is 5.41. The van der Waals surface area contributed by atoms with Crippen molar-refractivity contribution in [2.24, 2.45) is 0 Å². The van der Waals surface area contributed by atoms with Gasteiger partial charge in [0.15, 0.2) is 0 Å². The quantitative estimate of drug-likeness (QED) is 0.551. The third kappa shape index (κ3) is 4.69. The van der Waals surface area contributed by atoms with E-state index in [1.165, 1.54) is 27.1 Å². The van der Waals surface area contributed by atoms with Crippen molar-refractivity contribution in [1.82, 2.24) is 5.32 Å². The number of rotatable bonds is 5. The van der Waals surface area contributed by atoms with Crippen molar-refractivity contribution in [3.05, 3.63) is 82.0 Å². The molecule has 24 heavy (non-hydrogen) atoms. The zero-order valence-corrected chi connectivity index (χ0v) is 15.9. The molecule has 4 heteroatoms. The molecule has 0 radical (unpaired) electrons. The van der Waals surface area contributed by atoms with E-state index in [0.29, 0.717) is 0 Å². The molecule has 122 valence electrons. The van der Waals surface area contributed by atoms with Gasteiger partial charge in [-0.05, 0) is 40.6 Å². The zero-order chi connectivity index (χ0) is 16.8. The maximum Gasteiger partial charge on any atom is 0.134 e. The molecule has 0 saturated carbocycles. The Hall–Kier alpha value is -1.62. The second kappa shape index (κ2) is 8.47. The molecule has 1 aromatic heterocycles. The van der Waals surface area contributed by atoms with E-state index in [4.69, 9.17) is 12.2 Å². The largest absolute Gasteiger partial charge is 0.366 e. The topological polar surface area (TPSA) is 12.0 Å². The van der Waals surface area contributed by atoms with E-state index in [2.05, 4.69) is 78.3 Å². The normalized spacial score (nSPS) is 10.5. The molecule has 1 heterocycles. The molecule has 3 aromatic rings. The van der Waals surface area contributed by atoms with Gasteiger partial charge in [0, 0.05) is 10.6 Å². The Morgan fingerprint density at radius 2 is 1.92 bits per heavy atom. The lowest BCUT2D eigenvalue weighted by molar-refractivity contribution is 0.962. The minimum absolute atomic E-state index is 0.812. The predicted molar refractivity (Wildman–Crippen MR) is 112 cm³/mol. The average molecular weight is 370 g/mol. The minimum Gasteiger partial charge on any atom is -0.366 e. The van der Waals surface area contributed by atoms with Gasteiger partial charge in [-0.2, -0.15) is 0 Å². The van der Waals surface area contributed by atoms with Crippen LogP contribution >= 0.6 is 35.3 Å². The van der Waals surface area contributed by atoms with E-state index in [-0.39, 0.29) is 0 Å². The second-order valence-corrected chi connectivity index (χ2v) is 8.21. The van der Waals surface area contributed by atoms with Crippen molar-refractivity contribution in [2.45, 2.75) is 19.2 Å². The van der Waals surface area contributed by atoms with Gasteiger partial charge >= 0.3 is 0 Å². The zero-order valence-electron chi connectivity index (χ0n) is 13.5. The first kappa shape index (κ1) is 17.2. The lowest BCUT2D eigenvalue weighted by Crippen LogP contribution is -2.17. The summed E-state index contributed by atoms with van der Waals surface area (Å²) < 4.78 is 0.852. The highest BCUT2D eigenvalue weighted by molar-refractivity contribution is 8.22. The second-order valence-electron chi connectivity index (χ2n) is 5.52. The fourth-order valence-electron chi connectivity index (χ4n) is 2.46. The van der Waals surface area contributed by atoms with Gasteiger partial charge in [-0.25, -0.2) is 0 Å². The van der Waals surface area contributed by atoms with Crippen LogP contribution < -0.4 is 5.32 Å². The van der Waals surface area contributed by atoms with Crippen molar-refractivity contribution < 1.29 is 0 Å². The molecule has 0 bridgehead atoms. The van der Waals surface area contributed by atoms with Crippen LogP contribution in [0.25, 0.3) is 11.1 Å². The third-order valence-corrected chi connectivity index (χ3v) is 6.00. The third-order valence-electron chi connectivity index (χ3n) is 3.74. The molecule has 0 aliphatic rings. The summed E-state index contributed by atoms with van der Waals surface area (Å²) in [6.07, 6.45) is 0. The molecule has 0 saturated heterocycles. The number of hydrogen-bond acceptors (Lipinski definition) is 3. The van der Waals surface area contributed by atoms with Crippen molar-refractivity contribution in [3.8, 4) is 11.1 Å². The van der Waals surface area contributed by atoms with Gasteiger partial charge < -0.3 is 5.32 Å². The molecule has 0 fully saturated rings. The Morgan fingerprint density at radius 1 is 1.08 bits per heavy atom. The van der Waals surface area contributed by atoms with Gasteiger partial charge in [0.25, 0.3) is 0 Å². The molecule has 1 N–H and O–H groups in total. The van der Waals surface area contributed by atoms with E-state index in [0.717, 1.165) is 16.6 Å². The summed E-state index contributed by atoms with van der Waals surface area (Å²) in [4.78, 5) is 1.31.